The van der Waals surface area contributed by atoms with Crippen LogP contribution in [0.25, 0.3) is 11.2 Å². The second kappa shape index (κ2) is 29.0. The minimum atomic E-state index is -2.53. The summed E-state index contributed by atoms with van der Waals surface area (Å²) in [5.74, 6) is 0.298. The molecule has 2 aromatic heterocycles. The molecule has 86 heavy (non-hydrogen) atoms. The van der Waals surface area contributed by atoms with Gasteiger partial charge >= 0.3 is 6.09 Å². The maximum absolute atomic E-state index is 14.9. The molecule has 4 atom stereocenters. The molecule has 456 valence electrons. The van der Waals surface area contributed by atoms with Gasteiger partial charge in [0, 0.05) is 19.0 Å². The summed E-state index contributed by atoms with van der Waals surface area (Å²) in [7, 11) is -1.35. The van der Waals surface area contributed by atoms with Gasteiger partial charge in [0.25, 0.3) is 14.4 Å². The van der Waals surface area contributed by atoms with Crippen LogP contribution >= 0.6 is 8.53 Å². The van der Waals surface area contributed by atoms with E-state index in [-0.39, 0.29) is 84.7 Å². The van der Waals surface area contributed by atoms with Gasteiger partial charge in [-0.05, 0) is 110 Å². The lowest BCUT2D eigenvalue weighted by Crippen LogP contribution is -2.53. The summed E-state index contributed by atoms with van der Waals surface area (Å²) in [4.78, 5) is 44.0. The van der Waals surface area contributed by atoms with Crippen molar-refractivity contribution in [3.05, 3.63) is 163 Å². The van der Waals surface area contributed by atoms with Gasteiger partial charge in [-0.2, -0.15) is 15.2 Å². The largest absolute Gasteiger partial charge is 0.497 e. The third kappa shape index (κ3) is 13.8. The highest BCUT2D eigenvalue weighted by molar-refractivity contribution is 7.44. The average molecular weight is 1210 g/mol. The zero-order valence-electron chi connectivity index (χ0n) is 51.5. The van der Waals surface area contributed by atoms with E-state index >= 15 is 0 Å². The monoisotopic (exact) mass is 1210 g/mol. The second-order valence-corrected chi connectivity index (χ2v) is 29.4. The molecular formula is C65H81N8O11PSi. The minimum Gasteiger partial charge on any atom is -0.497 e. The fraction of sp³-hybridized carbons (Fsp3) is 0.415. The van der Waals surface area contributed by atoms with Gasteiger partial charge < -0.3 is 41.9 Å². The van der Waals surface area contributed by atoms with E-state index in [0.717, 1.165) is 16.7 Å². The highest BCUT2D eigenvalue weighted by Crippen LogP contribution is 2.54. The third-order valence-corrected chi connectivity index (χ3v) is 23.7. The van der Waals surface area contributed by atoms with E-state index in [4.69, 9.17) is 51.9 Å². The van der Waals surface area contributed by atoms with Gasteiger partial charge in [-0.25, -0.2) is 19.3 Å². The van der Waals surface area contributed by atoms with Gasteiger partial charge in [-0.3, -0.25) is 14.7 Å². The molecule has 1 N–H and O–H groups in total. The number of nitrogens with zero attached hydrogens (tertiary/aromatic N) is 7. The van der Waals surface area contributed by atoms with Crippen LogP contribution < -0.4 is 24.4 Å². The molecule has 1 aliphatic heterocycles. The van der Waals surface area contributed by atoms with E-state index < -0.39 is 52.4 Å². The molecule has 1 aliphatic rings. The lowest BCUT2D eigenvalue weighted by molar-refractivity contribution is -0.180. The number of rotatable bonds is 28. The molecule has 5 aromatic carbocycles. The first-order valence-electron chi connectivity index (χ1n) is 29.1. The van der Waals surface area contributed by atoms with Crippen molar-refractivity contribution in [3.8, 4) is 23.4 Å². The van der Waals surface area contributed by atoms with Gasteiger partial charge in [-0.15, -0.1) is 0 Å². The number of fused-ring (bicyclic) bond motifs is 1. The van der Waals surface area contributed by atoms with E-state index in [2.05, 4.69) is 90.3 Å². The molecule has 0 radical (unpaired) electrons. The van der Waals surface area contributed by atoms with Crippen molar-refractivity contribution in [1.82, 2.24) is 24.2 Å². The standard InChI is InChI=1S/C65H81N8O11PSi/c1-44(2)73(45(3)4)85(81-39-23-38-66)84-59-57(78-43-82-86(46(5)6,47(7)8)48(9)10)40-79-64(59,41-80-65(50-24-17-14-18-25-50,51-30-34-55(76-12)35-31-51)52-32-36-56(77-13)37-33-52)71-42-67-58-60(71)69-62(68-49(11)74)70-61(58)83-63(75)72(53-26-19-15-20-27-53)54-28-21-16-22-29-54/h14-22,24-37,42,44-48,57,59H,23,39-41,43H2,1-13H3,(H,68,69,70,74)/t57-,59-,64-,85?/m0/s1. The van der Waals surface area contributed by atoms with Gasteiger partial charge in [0.2, 0.25) is 25.9 Å². The molecule has 1 unspecified atom stereocenters. The van der Waals surface area contributed by atoms with Crippen LogP contribution in [0, 0.1) is 11.3 Å². The number of benzene rings is 5. The highest BCUT2D eigenvalue weighted by atomic mass is 31.2. The number of para-hydroxylation sites is 2. The number of imidazole rings is 1. The Labute approximate surface area is 507 Å². The first-order valence-corrected chi connectivity index (χ1v) is 32.4. The predicted octanol–water partition coefficient (Wildman–Crippen LogP) is 14.0. The molecule has 7 aromatic rings. The Morgan fingerprint density at radius 2 is 1.29 bits per heavy atom. The summed E-state index contributed by atoms with van der Waals surface area (Å²) in [6.07, 6.45) is -1.31. The summed E-state index contributed by atoms with van der Waals surface area (Å²) >= 11 is 0. The summed E-state index contributed by atoms with van der Waals surface area (Å²) in [5, 5.41) is 12.6. The minimum absolute atomic E-state index is 0.0303. The van der Waals surface area contributed by atoms with Crippen molar-refractivity contribution in [2.45, 2.75) is 135 Å². The lowest BCUT2D eigenvalue weighted by atomic mass is 9.80. The normalized spacial score (nSPS) is 16.8. The predicted molar refractivity (Wildman–Crippen MR) is 335 cm³/mol. The van der Waals surface area contributed by atoms with Crippen LogP contribution in [-0.4, -0.2) is 110 Å². The number of carbonyl (C=O) groups excluding carboxylic acids is 2. The first kappa shape index (κ1) is 64.8. The summed E-state index contributed by atoms with van der Waals surface area (Å²) in [6, 6.07) is 45.3. The third-order valence-electron chi connectivity index (χ3n) is 15.6. The van der Waals surface area contributed by atoms with Crippen molar-refractivity contribution in [3.63, 3.8) is 0 Å². The number of hydrogen-bond acceptors (Lipinski definition) is 16. The number of hydrogen-bond donors (Lipinski definition) is 1. The van der Waals surface area contributed by atoms with E-state index in [9.17, 15) is 14.9 Å². The van der Waals surface area contributed by atoms with Crippen LogP contribution in [0.1, 0.15) is 99.3 Å². The van der Waals surface area contributed by atoms with Crippen molar-refractivity contribution in [2.75, 3.05) is 51.0 Å². The maximum atomic E-state index is 14.9. The van der Waals surface area contributed by atoms with Crippen LogP contribution in [0.4, 0.5) is 22.1 Å². The molecule has 1 saturated heterocycles. The number of methoxy groups -OCH3 is 2. The Balaban J connectivity index is 1.41. The van der Waals surface area contributed by atoms with Crippen LogP contribution in [-0.2, 0) is 43.8 Å². The molecule has 0 spiro atoms. The molecular weight excluding hydrogens is 1130 g/mol. The van der Waals surface area contributed by atoms with E-state index in [1.165, 1.54) is 18.2 Å². The molecule has 2 amide bonds. The van der Waals surface area contributed by atoms with E-state index in [1.807, 2.05) is 115 Å². The van der Waals surface area contributed by atoms with Crippen LogP contribution in [0.15, 0.2) is 146 Å². The van der Waals surface area contributed by atoms with Gasteiger partial charge in [-0.1, -0.05) is 133 Å². The number of aromatic nitrogens is 4. The fourth-order valence-corrected chi connectivity index (χ4v) is 18.9. The fourth-order valence-electron chi connectivity index (χ4n) is 11.9. The molecule has 0 aliphatic carbocycles. The SMILES string of the molecule is COc1ccc(C(OC[C@]2(n3cnc4c(OC(=O)N(c5ccccc5)c5ccccc5)nc(NC(C)=O)nc43)OC[C@H](OCO[Si](C(C)C)(C(C)C)C(C)C)[C@@H]2OP(OCCC#N)N(C(C)C)C(C)C)(c2ccccc2)c2ccc(OC)cc2)cc1. The van der Waals surface area contributed by atoms with Crippen molar-refractivity contribution in [1.29, 1.82) is 5.26 Å². The molecule has 3 heterocycles. The molecule has 19 nitrogen and oxygen atoms in total. The van der Waals surface area contributed by atoms with E-state index in [1.54, 1.807) is 43.1 Å². The Morgan fingerprint density at radius 3 is 1.78 bits per heavy atom. The Morgan fingerprint density at radius 1 is 0.767 bits per heavy atom. The molecule has 8 rings (SSSR count). The Kier molecular flexibility index (Phi) is 21.9. The second-order valence-electron chi connectivity index (χ2n) is 22.5. The average Bonchev–Trinajstić information content (AvgIpc) is 1.50. The number of nitriles is 1. The lowest BCUT2D eigenvalue weighted by Gasteiger charge is -2.44. The summed E-state index contributed by atoms with van der Waals surface area (Å²) in [6.45, 7) is 22.4. The van der Waals surface area contributed by atoms with Crippen LogP contribution in [0.3, 0.4) is 0 Å². The van der Waals surface area contributed by atoms with Gasteiger partial charge in [0.15, 0.2) is 11.2 Å². The van der Waals surface area contributed by atoms with Crippen molar-refractivity contribution >= 4 is 57.3 Å². The van der Waals surface area contributed by atoms with Crippen LogP contribution in [0.2, 0.25) is 16.6 Å². The number of carbonyl (C=O) groups is 2. The van der Waals surface area contributed by atoms with Gasteiger partial charge in [0.1, 0.15) is 36.1 Å². The zero-order valence-corrected chi connectivity index (χ0v) is 53.4. The Hall–Kier alpha value is -7.15. The number of ether oxygens (including phenoxy) is 6. The summed E-state index contributed by atoms with van der Waals surface area (Å²) in [5.41, 5.74) is 0.782. The number of anilines is 3. The quantitative estimate of drug-likeness (QED) is 0.0159. The highest BCUT2D eigenvalue weighted by Gasteiger charge is 2.58. The number of nitrogens with one attached hydrogen (secondary N) is 1. The summed E-state index contributed by atoms with van der Waals surface area (Å²) < 4.78 is 65.4. The topological polar surface area (TPSA) is 203 Å². The van der Waals surface area contributed by atoms with E-state index in [0.29, 0.717) is 22.9 Å². The van der Waals surface area contributed by atoms with Gasteiger partial charge in [0.05, 0.1) is 64.2 Å². The smallest absolute Gasteiger partial charge is 0.425 e. The first-order chi connectivity index (χ1) is 41.3. The molecule has 1 fully saturated rings. The molecule has 0 saturated carbocycles. The van der Waals surface area contributed by atoms with Crippen molar-refractivity contribution < 1.29 is 51.5 Å². The number of amides is 2. The Bertz CT molecular complexity index is 3240. The zero-order chi connectivity index (χ0) is 61.8. The van der Waals surface area contributed by atoms with Crippen LogP contribution in [0.5, 0.6) is 17.4 Å². The van der Waals surface area contributed by atoms with Crippen molar-refractivity contribution in [2.24, 2.45) is 0 Å². The molecule has 0 bridgehead atoms. The maximum Gasteiger partial charge on any atom is 0.425 e. The molecule has 21 heteroatoms.